The van der Waals surface area contributed by atoms with E-state index in [1.54, 1.807) is 49.2 Å². The van der Waals surface area contributed by atoms with Crippen LogP contribution in [0.3, 0.4) is 0 Å². The Morgan fingerprint density at radius 2 is 1.21 bits per heavy atom. The van der Waals surface area contributed by atoms with Crippen LogP contribution in [0.25, 0.3) is 24.3 Å². The molecule has 0 aliphatic rings. The summed E-state index contributed by atoms with van der Waals surface area (Å²) >= 11 is 0. The van der Waals surface area contributed by atoms with Gasteiger partial charge in [0.05, 0.1) is 34.7 Å². The number of aromatic nitrogens is 2. The third kappa shape index (κ3) is 4.42. The summed E-state index contributed by atoms with van der Waals surface area (Å²) in [5.41, 5.74) is 1.41. The molecule has 6 heteroatoms. The average Bonchev–Trinajstić information content (AvgIpc) is 3.45. The smallest absolute Gasteiger partial charge is 0.126 e. The van der Waals surface area contributed by atoms with Crippen LogP contribution in [0.1, 0.15) is 22.9 Å². The fraction of sp³-hybridized carbons (Fsp3) is 0. The maximum absolute atomic E-state index is 13.0. The van der Waals surface area contributed by atoms with E-state index in [1.165, 1.54) is 0 Å². The lowest BCUT2D eigenvalue weighted by atomic mass is 10.3. The third-order valence-corrected chi connectivity index (χ3v) is 5.22. The minimum atomic E-state index is -1.34. The first-order chi connectivity index (χ1) is 13.8. The zero-order valence-electron chi connectivity index (χ0n) is 14.8. The van der Waals surface area contributed by atoms with Crippen LogP contribution in [0, 0.1) is 0 Å². The van der Waals surface area contributed by atoms with E-state index in [4.69, 9.17) is 8.83 Å². The predicted octanol–water partition coefficient (Wildman–Crippen LogP) is 5.17. The highest BCUT2D eigenvalue weighted by atomic mass is 32.2. The van der Waals surface area contributed by atoms with E-state index in [-0.39, 0.29) is 0 Å². The van der Waals surface area contributed by atoms with Gasteiger partial charge >= 0.3 is 0 Å². The average molecular weight is 388 g/mol. The number of rotatable bonds is 6. The van der Waals surface area contributed by atoms with Crippen LogP contribution in [0.15, 0.2) is 92.1 Å². The highest BCUT2D eigenvalue weighted by Gasteiger charge is 2.09. The summed E-state index contributed by atoms with van der Waals surface area (Å²) in [5.74, 6) is 1.46. The Balaban J connectivity index is 1.54. The molecular formula is C22H16N2O3S. The monoisotopic (exact) mass is 388 g/mol. The second-order valence-electron chi connectivity index (χ2n) is 5.80. The minimum Gasteiger partial charge on any atom is -0.465 e. The van der Waals surface area contributed by atoms with Gasteiger partial charge in [-0.25, -0.2) is 4.21 Å². The number of pyridine rings is 2. The number of furan rings is 2. The fourth-order valence-electron chi connectivity index (χ4n) is 2.51. The van der Waals surface area contributed by atoms with Gasteiger partial charge in [0.2, 0.25) is 0 Å². The van der Waals surface area contributed by atoms with Gasteiger partial charge in [-0.2, -0.15) is 0 Å². The van der Waals surface area contributed by atoms with Crippen molar-refractivity contribution in [3.8, 4) is 0 Å². The lowest BCUT2D eigenvalue weighted by molar-refractivity contribution is 0.557. The van der Waals surface area contributed by atoms with Crippen LogP contribution in [0.2, 0.25) is 0 Å². The van der Waals surface area contributed by atoms with Crippen molar-refractivity contribution in [1.29, 1.82) is 0 Å². The number of hydrogen-bond donors (Lipinski definition) is 0. The first kappa shape index (κ1) is 17.9. The van der Waals surface area contributed by atoms with Gasteiger partial charge < -0.3 is 8.83 Å². The summed E-state index contributed by atoms with van der Waals surface area (Å²) in [4.78, 5) is 9.92. The lowest BCUT2D eigenvalue weighted by Crippen LogP contribution is -1.96. The van der Waals surface area contributed by atoms with E-state index in [9.17, 15) is 4.21 Å². The van der Waals surface area contributed by atoms with Crippen molar-refractivity contribution in [2.24, 2.45) is 0 Å². The largest absolute Gasteiger partial charge is 0.465 e. The molecule has 4 aromatic rings. The molecule has 28 heavy (non-hydrogen) atoms. The topological polar surface area (TPSA) is 69.1 Å². The van der Waals surface area contributed by atoms with Crippen molar-refractivity contribution in [2.45, 2.75) is 9.79 Å². The lowest BCUT2D eigenvalue weighted by Gasteiger charge is -2.04. The Labute approximate surface area is 164 Å². The van der Waals surface area contributed by atoms with Gasteiger partial charge in [0.25, 0.3) is 0 Å². The summed E-state index contributed by atoms with van der Waals surface area (Å²) < 4.78 is 23.5. The molecule has 0 saturated heterocycles. The van der Waals surface area contributed by atoms with Gasteiger partial charge in [0.1, 0.15) is 11.5 Å². The molecule has 0 amide bonds. The molecule has 5 nitrogen and oxygen atoms in total. The van der Waals surface area contributed by atoms with Crippen LogP contribution in [0.5, 0.6) is 0 Å². The Morgan fingerprint density at radius 1 is 0.714 bits per heavy atom. The summed E-state index contributed by atoms with van der Waals surface area (Å²) in [6, 6.07) is 14.4. The molecule has 0 fully saturated rings. The number of hydrogen-bond acceptors (Lipinski definition) is 5. The second kappa shape index (κ2) is 8.45. The maximum Gasteiger partial charge on any atom is 0.126 e. The Bertz CT molecular complexity index is 1040. The van der Waals surface area contributed by atoms with Gasteiger partial charge in [-0.3, -0.25) is 9.97 Å². The van der Waals surface area contributed by atoms with Crippen molar-refractivity contribution in [3.63, 3.8) is 0 Å². The molecule has 0 unspecified atom stereocenters. The fourth-order valence-corrected chi connectivity index (χ4v) is 3.61. The molecule has 0 aromatic carbocycles. The van der Waals surface area contributed by atoms with Crippen molar-refractivity contribution in [1.82, 2.24) is 9.97 Å². The maximum atomic E-state index is 13.0. The molecule has 0 saturated carbocycles. The Hall–Kier alpha value is -3.51. The summed E-state index contributed by atoms with van der Waals surface area (Å²) in [5, 5.41) is 0. The van der Waals surface area contributed by atoms with Gasteiger partial charge in [0.15, 0.2) is 0 Å². The van der Waals surface area contributed by atoms with E-state index in [2.05, 4.69) is 9.97 Å². The highest BCUT2D eigenvalue weighted by molar-refractivity contribution is 7.85. The first-order valence-electron chi connectivity index (χ1n) is 8.55. The van der Waals surface area contributed by atoms with Gasteiger partial charge in [-0.1, -0.05) is 0 Å². The Morgan fingerprint density at radius 3 is 1.64 bits per heavy atom. The predicted molar refractivity (Wildman–Crippen MR) is 108 cm³/mol. The molecule has 0 aliphatic heterocycles. The zero-order chi connectivity index (χ0) is 19.2. The Kier molecular flexibility index (Phi) is 5.40. The van der Waals surface area contributed by atoms with Gasteiger partial charge in [-0.05, 0) is 72.8 Å². The summed E-state index contributed by atoms with van der Waals surface area (Å²) in [6.07, 6.45) is 13.8. The SMILES string of the molecule is O=S(c1ccnc(/C=C/c2ccco2)c1)c1ccnc(/C=C/c2ccco2)c1. The highest BCUT2D eigenvalue weighted by Crippen LogP contribution is 2.19. The molecule has 4 rings (SSSR count). The molecule has 0 bridgehead atoms. The van der Waals surface area contributed by atoms with Crippen LogP contribution < -0.4 is 0 Å². The standard InChI is InChI=1S/C22H16N2O3S/c25-28(21-9-11-23-17(15-21)5-7-19-3-1-13-26-19)22-10-12-24-18(16-22)6-8-20-4-2-14-27-20/h1-16H/b7-5+,8-6+. The van der Waals surface area contributed by atoms with Crippen LogP contribution >= 0.6 is 0 Å². The van der Waals surface area contributed by atoms with Crippen molar-refractivity contribution in [3.05, 3.63) is 96.4 Å². The molecule has 0 atom stereocenters. The van der Waals surface area contributed by atoms with Crippen molar-refractivity contribution < 1.29 is 13.0 Å². The van der Waals surface area contributed by atoms with Gasteiger partial charge in [0, 0.05) is 22.2 Å². The van der Waals surface area contributed by atoms with E-state index >= 15 is 0 Å². The second-order valence-corrected chi connectivity index (χ2v) is 7.28. The number of nitrogens with zero attached hydrogens (tertiary/aromatic N) is 2. The van der Waals surface area contributed by atoms with Crippen molar-refractivity contribution >= 4 is 35.1 Å². The normalized spacial score (nSPS) is 11.8. The summed E-state index contributed by atoms with van der Waals surface area (Å²) in [6.45, 7) is 0. The van der Waals surface area contributed by atoms with Gasteiger partial charge in [-0.15, -0.1) is 0 Å². The molecule has 4 heterocycles. The molecule has 4 aromatic heterocycles. The quantitative estimate of drug-likeness (QED) is 0.456. The van der Waals surface area contributed by atoms with E-state index < -0.39 is 10.8 Å². The molecule has 0 spiro atoms. The third-order valence-electron chi connectivity index (χ3n) is 3.86. The van der Waals surface area contributed by atoms with E-state index in [1.807, 2.05) is 48.6 Å². The van der Waals surface area contributed by atoms with Crippen LogP contribution in [-0.4, -0.2) is 14.2 Å². The van der Waals surface area contributed by atoms with E-state index in [0.717, 1.165) is 11.5 Å². The molecule has 0 radical (unpaired) electrons. The minimum absolute atomic E-state index is 0.668. The summed E-state index contributed by atoms with van der Waals surface area (Å²) in [7, 11) is -1.34. The molecule has 0 aliphatic carbocycles. The molecule has 0 N–H and O–H groups in total. The van der Waals surface area contributed by atoms with E-state index in [0.29, 0.717) is 21.2 Å². The molecular weight excluding hydrogens is 372 g/mol. The first-order valence-corrected chi connectivity index (χ1v) is 9.70. The molecule has 138 valence electrons. The van der Waals surface area contributed by atoms with Crippen LogP contribution in [-0.2, 0) is 10.8 Å². The van der Waals surface area contributed by atoms with Crippen LogP contribution in [0.4, 0.5) is 0 Å². The van der Waals surface area contributed by atoms with Crippen molar-refractivity contribution in [2.75, 3.05) is 0 Å². The zero-order valence-corrected chi connectivity index (χ0v) is 15.6.